The Labute approximate surface area is 107 Å². The molecule has 1 heterocycles. The topological polar surface area (TPSA) is 44.1 Å². The summed E-state index contributed by atoms with van der Waals surface area (Å²) in [6.45, 7) is 2.52. The van der Waals surface area contributed by atoms with E-state index in [0.717, 1.165) is 17.3 Å². The van der Waals surface area contributed by atoms with Crippen LogP contribution in [0, 0.1) is 5.92 Å². The van der Waals surface area contributed by atoms with Crippen molar-refractivity contribution in [2.24, 2.45) is 13.0 Å². The van der Waals surface area contributed by atoms with Gasteiger partial charge in [-0.15, -0.1) is 0 Å². The first kappa shape index (κ1) is 12.8. The minimum atomic E-state index is -0.0664. The fraction of sp³-hybridized carbons (Fsp3) is 0.429. The maximum Gasteiger partial charge on any atom is 0.186 e. The number of aromatic nitrogens is 2. The van der Waals surface area contributed by atoms with Gasteiger partial charge >= 0.3 is 0 Å². The van der Waals surface area contributed by atoms with Crippen LogP contribution in [-0.2, 0) is 11.8 Å². The number of methoxy groups -OCH3 is 1. The molecule has 18 heavy (non-hydrogen) atoms. The SMILES string of the molecule is COCCC(C)C(=O)c1nn(C)c2ccccc12. The molecular weight excluding hydrogens is 228 g/mol. The number of fused-ring (bicyclic) bond motifs is 1. The monoisotopic (exact) mass is 246 g/mol. The van der Waals surface area contributed by atoms with Crippen molar-refractivity contribution < 1.29 is 9.53 Å². The summed E-state index contributed by atoms with van der Waals surface area (Å²) in [5.41, 5.74) is 1.55. The van der Waals surface area contributed by atoms with Gasteiger partial charge in [0.2, 0.25) is 0 Å². The van der Waals surface area contributed by atoms with Gasteiger partial charge in [0.1, 0.15) is 5.69 Å². The van der Waals surface area contributed by atoms with Crippen molar-refractivity contribution in [3.63, 3.8) is 0 Å². The third-order valence-corrected chi connectivity index (χ3v) is 3.19. The quantitative estimate of drug-likeness (QED) is 0.761. The van der Waals surface area contributed by atoms with Gasteiger partial charge in [-0.1, -0.05) is 25.1 Å². The van der Waals surface area contributed by atoms with E-state index in [4.69, 9.17) is 4.74 Å². The highest BCUT2D eigenvalue weighted by molar-refractivity contribution is 6.06. The molecule has 1 aromatic carbocycles. The van der Waals surface area contributed by atoms with Crippen molar-refractivity contribution >= 4 is 16.7 Å². The van der Waals surface area contributed by atoms with Crippen LogP contribution >= 0.6 is 0 Å². The first-order valence-corrected chi connectivity index (χ1v) is 6.10. The number of carbonyl (C=O) groups is 1. The lowest BCUT2D eigenvalue weighted by Crippen LogP contribution is -2.14. The largest absolute Gasteiger partial charge is 0.385 e. The second kappa shape index (κ2) is 5.31. The molecule has 0 bridgehead atoms. The molecule has 0 saturated heterocycles. The number of rotatable bonds is 5. The first-order valence-electron chi connectivity index (χ1n) is 6.10. The second-order valence-electron chi connectivity index (χ2n) is 4.54. The van der Waals surface area contributed by atoms with Crippen LogP contribution in [0.2, 0.25) is 0 Å². The van der Waals surface area contributed by atoms with Gasteiger partial charge in [-0.05, 0) is 12.5 Å². The van der Waals surface area contributed by atoms with E-state index in [2.05, 4.69) is 5.10 Å². The summed E-state index contributed by atoms with van der Waals surface area (Å²) in [6.07, 6.45) is 0.722. The number of aryl methyl sites for hydroxylation is 1. The van der Waals surface area contributed by atoms with E-state index in [1.54, 1.807) is 11.8 Å². The second-order valence-corrected chi connectivity index (χ2v) is 4.54. The Morgan fingerprint density at radius 3 is 2.89 bits per heavy atom. The third kappa shape index (κ3) is 2.29. The summed E-state index contributed by atoms with van der Waals surface area (Å²) in [7, 11) is 3.51. The summed E-state index contributed by atoms with van der Waals surface area (Å²) < 4.78 is 6.77. The Hall–Kier alpha value is -1.68. The lowest BCUT2D eigenvalue weighted by molar-refractivity contribution is 0.0889. The van der Waals surface area contributed by atoms with Crippen LogP contribution in [0.4, 0.5) is 0 Å². The Balaban J connectivity index is 2.33. The molecule has 2 rings (SSSR count). The summed E-state index contributed by atoms with van der Waals surface area (Å²) in [4.78, 5) is 12.3. The maximum absolute atomic E-state index is 12.3. The molecule has 0 aliphatic rings. The molecule has 2 aromatic rings. The predicted molar refractivity (Wildman–Crippen MR) is 70.7 cm³/mol. The van der Waals surface area contributed by atoms with Crippen LogP contribution in [0.25, 0.3) is 10.9 Å². The molecule has 0 spiro atoms. The molecule has 1 aromatic heterocycles. The number of ether oxygens (including phenoxy) is 1. The average Bonchev–Trinajstić information content (AvgIpc) is 2.73. The van der Waals surface area contributed by atoms with Crippen molar-refractivity contribution in [3.8, 4) is 0 Å². The predicted octanol–water partition coefficient (Wildman–Crippen LogP) is 2.43. The zero-order valence-electron chi connectivity index (χ0n) is 11.0. The molecule has 0 aliphatic heterocycles. The summed E-state index contributed by atoms with van der Waals surface area (Å²) in [6, 6.07) is 7.80. The molecule has 0 N–H and O–H groups in total. The molecule has 0 amide bonds. The normalized spacial score (nSPS) is 12.8. The van der Waals surface area contributed by atoms with Gasteiger partial charge in [0.15, 0.2) is 5.78 Å². The number of ketones is 1. The standard InChI is InChI=1S/C14H18N2O2/c1-10(8-9-18-3)14(17)13-11-6-4-5-7-12(11)16(2)15-13/h4-7,10H,8-9H2,1-3H3. The number of nitrogens with zero attached hydrogens (tertiary/aromatic N) is 2. The Morgan fingerprint density at radius 2 is 2.17 bits per heavy atom. The minimum Gasteiger partial charge on any atom is -0.385 e. The van der Waals surface area contributed by atoms with E-state index in [-0.39, 0.29) is 11.7 Å². The lowest BCUT2D eigenvalue weighted by Gasteiger charge is -2.07. The van der Waals surface area contributed by atoms with Gasteiger partial charge in [0.25, 0.3) is 0 Å². The first-order chi connectivity index (χ1) is 8.65. The smallest absolute Gasteiger partial charge is 0.186 e. The summed E-state index contributed by atoms with van der Waals surface area (Å²) in [5.74, 6) is 0.0205. The molecular formula is C14H18N2O2. The van der Waals surface area contributed by atoms with Crippen molar-refractivity contribution in [1.29, 1.82) is 0 Å². The molecule has 4 nitrogen and oxygen atoms in total. The van der Waals surface area contributed by atoms with Gasteiger partial charge in [-0.25, -0.2) is 0 Å². The molecule has 0 radical (unpaired) electrons. The van der Waals surface area contributed by atoms with Crippen molar-refractivity contribution in [2.45, 2.75) is 13.3 Å². The fourth-order valence-corrected chi connectivity index (χ4v) is 2.05. The Bertz CT molecular complexity index is 560. The minimum absolute atomic E-state index is 0.0664. The number of carbonyl (C=O) groups excluding carboxylic acids is 1. The Kier molecular flexibility index (Phi) is 3.77. The van der Waals surface area contributed by atoms with Gasteiger partial charge in [-0.2, -0.15) is 5.10 Å². The average molecular weight is 246 g/mol. The van der Waals surface area contributed by atoms with Crippen LogP contribution in [0.15, 0.2) is 24.3 Å². The van der Waals surface area contributed by atoms with E-state index in [1.807, 2.05) is 38.2 Å². The third-order valence-electron chi connectivity index (χ3n) is 3.19. The highest BCUT2D eigenvalue weighted by atomic mass is 16.5. The van der Waals surface area contributed by atoms with E-state index in [9.17, 15) is 4.79 Å². The van der Waals surface area contributed by atoms with Gasteiger partial charge in [-0.3, -0.25) is 9.48 Å². The van der Waals surface area contributed by atoms with Crippen LogP contribution in [0.3, 0.4) is 0 Å². The maximum atomic E-state index is 12.3. The van der Waals surface area contributed by atoms with Gasteiger partial charge in [0.05, 0.1) is 5.52 Å². The number of benzene rings is 1. The Morgan fingerprint density at radius 1 is 1.44 bits per heavy atom. The van der Waals surface area contributed by atoms with Crippen LogP contribution < -0.4 is 0 Å². The molecule has 96 valence electrons. The molecule has 0 aliphatic carbocycles. The van der Waals surface area contributed by atoms with E-state index >= 15 is 0 Å². The summed E-state index contributed by atoms with van der Waals surface area (Å²) >= 11 is 0. The van der Waals surface area contributed by atoms with Crippen LogP contribution in [-0.4, -0.2) is 29.3 Å². The van der Waals surface area contributed by atoms with Crippen molar-refractivity contribution in [3.05, 3.63) is 30.0 Å². The van der Waals surface area contributed by atoms with Gasteiger partial charge in [0, 0.05) is 32.1 Å². The van der Waals surface area contributed by atoms with Gasteiger partial charge < -0.3 is 4.74 Å². The fourth-order valence-electron chi connectivity index (χ4n) is 2.05. The number of para-hydroxylation sites is 1. The molecule has 0 fully saturated rings. The van der Waals surface area contributed by atoms with Crippen molar-refractivity contribution in [2.75, 3.05) is 13.7 Å². The van der Waals surface area contributed by atoms with Crippen LogP contribution in [0.5, 0.6) is 0 Å². The lowest BCUT2D eigenvalue weighted by atomic mass is 9.99. The summed E-state index contributed by atoms with van der Waals surface area (Å²) in [5, 5.41) is 5.27. The van der Waals surface area contributed by atoms with Crippen LogP contribution in [0.1, 0.15) is 23.8 Å². The van der Waals surface area contributed by atoms with E-state index in [1.165, 1.54) is 0 Å². The molecule has 4 heteroatoms. The van der Waals surface area contributed by atoms with Crippen molar-refractivity contribution in [1.82, 2.24) is 9.78 Å². The number of hydrogen-bond acceptors (Lipinski definition) is 3. The number of Topliss-reactive ketones (excluding diaryl/α,β-unsaturated/α-hetero) is 1. The highest BCUT2D eigenvalue weighted by Gasteiger charge is 2.20. The zero-order chi connectivity index (χ0) is 13.1. The highest BCUT2D eigenvalue weighted by Crippen LogP contribution is 2.21. The zero-order valence-corrected chi connectivity index (χ0v) is 11.0. The van der Waals surface area contributed by atoms with E-state index < -0.39 is 0 Å². The molecule has 1 unspecified atom stereocenters. The molecule has 1 atom stereocenters. The van der Waals surface area contributed by atoms with E-state index in [0.29, 0.717) is 12.3 Å². The molecule has 0 saturated carbocycles. The number of hydrogen-bond donors (Lipinski definition) is 0.